The van der Waals surface area contributed by atoms with Gasteiger partial charge in [0, 0.05) is 13.1 Å². The van der Waals surface area contributed by atoms with E-state index in [1.807, 2.05) is 12.1 Å². The first-order valence-corrected chi connectivity index (χ1v) is 9.45. The lowest BCUT2D eigenvalue weighted by Gasteiger charge is -2.26. The Kier molecular flexibility index (Phi) is 6.48. The van der Waals surface area contributed by atoms with Gasteiger partial charge in [0.05, 0.1) is 13.2 Å². The molecule has 1 heterocycles. The summed E-state index contributed by atoms with van der Waals surface area (Å²) in [5, 5.41) is 0. The van der Waals surface area contributed by atoms with Crippen LogP contribution in [0, 0.1) is 0 Å². The quantitative estimate of drug-likeness (QED) is 0.732. The van der Waals surface area contributed by atoms with Crippen molar-refractivity contribution < 1.29 is 4.74 Å². The second-order valence-corrected chi connectivity index (χ2v) is 7.25. The van der Waals surface area contributed by atoms with E-state index in [-0.39, 0.29) is 0 Å². The normalized spacial score (nSPS) is 19.4. The molecule has 1 fully saturated rings. The van der Waals surface area contributed by atoms with Gasteiger partial charge in [0.2, 0.25) is 0 Å². The molecule has 0 saturated carbocycles. The zero-order chi connectivity index (χ0) is 18.4. The molecule has 3 nitrogen and oxygen atoms in total. The molecule has 1 atom stereocenters. The molecular weight excluding hydrogens is 320 g/mol. The Labute approximate surface area is 157 Å². The summed E-state index contributed by atoms with van der Waals surface area (Å²) < 4.78 is 5.28. The van der Waals surface area contributed by atoms with E-state index >= 15 is 0 Å². The fourth-order valence-corrected chi connectivity index (χ4v) is 3.73. The lowest BCUT2D eigenvalue weighted by Crippen LogP contribution is -2.27. The zero-order valence-electron chi connectivity index (χ0n) is 16.2. The molecule has 0 bridgehead atoms. The molecule has 1 aliphatic rings. The van der Waals surface area contributed by atoms with Crippen LogP contribution >= 0.6 is 0 Å². The molecule has 0 amide bonds. The maximum atomic E-state index is 5.28. The van der Waals surface area contributed by atoms with Crippen molar-refractivity contribution in [3.8, 4) is 5.75 Å². The number of benzene rings is 2. The highest BCUT2D eigenvalue weighted by Gasteiger charge is 2.29. The fourth-order valence-electron chi connectivity index (χ4n) is 3.73. The van der Waals surface area contributed by atoms with Gasteiger partial charge in [-0.1, -0.05) is 48.5 Å². The largest absolute Gasteiger partial charge is 0.497 e. The average Bonchev–Trinajstić information content (AvgIpc) is 3.05. The van der Waals surface area contributed by atoms with E-state index < -0.39 is 0 Å². The fraction of sp³-hybridized carbons (Fsp3) is 0.391. The molecule has 0 aliphatic carbocycles. The first-order chi connectivity index (χ1) is 12.7. The second kappa shape index (κ2) is 9.02. The van der Waals surface area contributed by atoms with Gasteiger partial charge in [-0.05, 0) is 62.3 Å². The van der Waals surface area contributed by atoms with Gasteiger partial charge < -0.3 is 9.64 Å². The van der Waals surface area contributed by atoms with Crippen LogP contribution in [0.5, 0.6) is 5.75 Å². The van der Waals surface area contributed by atoms with Crippen LogP contribution in [0.25, 0.3) is 6.08 Å². The lowest BCUT2D eigenvalue weighted by molar-refractivity contribution is 0.253. The monoisotopic (exact) mass is 350 g/mol. The predicted molar refractivity (Wildman–Crippen MR) is 110 cm³/mol. The highest BCUT2D eigenvalue weighted by Crippen LogP contribution is 2.38. The number of hydrogen-bond donors (Lipinski definition) is 0. The molecule has 1 aliphatic heterocycles. The van der Waals surface area contributed by atoms with Crippen LogP contribution in [-0.4, -0.2) is 50.6 Å². The number of methoxy groups -OCH3 is 1. The van der Waals surface area contributed by atoms with Crippen molar-refractivity contribution in [3.05, 3.63) is 71.3 Å². The summed E-state index contributed by atoms with van der Waals surface area (Å²) in [5.74, 6) is 0.906. The summed E-state index contributed by atoms with van der Waals surface area (Å²) in [6.07, 6.45) is 4.70. The van der Waals surface area contributed by atoms with E-state index in [1.165, 1.54) is 23.1 Å². The van der Waals surface area contributed by atoms with Crippen molar-refractivity contribution in [2.45, 2.75) is 18.9 Å². The molecule has 2 aromatic rings. The van der Waals surface area contributed by atoms with Gasteiger partial charge >= 0.3 is 0 Å². The Morgan fingerprint density at radius 2 is 1.81 bits per heavy atom. The van der Waals surface area contributed by atoms with E-state index in [1.54, 1.807) is 7.11 Å². The molecule has 2 aromatic carbocycles. The van der Waals surface area contributed by atoms with Crippen molar-refractivity contribution >= 4 is 6.08 Å². The van der Waals surface area contributed by atoms with Crippen LogP contribution in [0.4, 0.5) is 0 Å². The molecule has 1 saturated heterocycles. The third-order valence-corrected chi connectivity index (χ3v) is 5.04. The van der Waals surface area contributed by atoms with Crippen LogP contribution in [-0.2, 0) is 0 Å². The molecule has 0 radical (unpaired) electrons. The van der Waals surface area contributed by atoms with Crippen LogP contribution in [0.2, 0.25) is 0 Å². The van der Waals surface area contributed by atoms with Crippen molar-refractivity contribution in [3.63, 3.8) is 0 Å². The summed E-state index contributed by atoms with van der Waals surface area (Å²) in [6.45, 7) is 3.40. The summed E-state index contributed by atoms with van der Waals surface area (Å²) in [4.78, 5) is 4.90. The minimum absolute atomic E-state index is 0.389. The van der Waals surface area contributed by atoms with Gasteiger partial charge in [-0.3, -0.25) is 4.90 Å². The van der Waals surface area contributed by atoms with Gasteiger partial charge in [0.1, 0.15) is 5.75 Å². The Morgan fingerprint density at radius 3 is 2.46 bits per heavy atom. The minimum atomic E-state index is 0.389. The number of nitrogens with zero attached hydrogens (tertiary/aromatic N) is 2. The Morgan fingerprint density at radius 1 is 1.08 bits per heavy atom. The summed E-state index contributed by atoms with van der Waals surface area (Å²) in [6, 6.07) is 19.7. The van der Waals surface area contributed by atoms with Crippen LogP contribution < -0.4 is 4.74 Å². The summed E-state index contributed by atoms with van der Waals surface area (Å²) in [7, 11) is 6.00. The molecule has 1 unspecified atom stereocenters. The zero-order valence-corrected chi connectivity index (χ0v) is 16.2. The topological polar surface area (TPSA) is 15.7 Å². The first-order valence-electron chi connectivity index (χ1n) is 9.45. The molecule has 26 heavy (non-hydrogen) atoms. The van der Waals surface area contributed by atoms with Crippen LogP contribution in [0.3, 0.4) is 0 Å². The highest BCUT2D eigenvalue weighted by atomic mass is 16.5. The number of ether oxygens (including phenoxy) is 1. The SMILES string of the molecule is COc1ccc(/C=C2\CCN(CCCN(C)C)C2c2ccccc2)cc1. The van der Waals surface area contributed by atoms with Crippen molar-refractivity contribution in [1.82, 2.24) is 9.80 Å². The second-order valence-electron chi connectivity index (χ2n) is 7.25. The van der Waals surface area contributed by atoms with Gasteiger partial charge in [-0.25, -0.2) is 0 Å². The highest BCUT2D eigenvalue weighted by molar-refractivity contribution is 5.57. The van der Waals surface area contributed by atoms with Gasteiger partial charge in [0.25, 0.3) is 0 Å². The Balaban J connectivity index is 1.82. The van der Waals surface area contributed by atoms with Crippen molar-refractivity contribution in [2.24, 2.45) is 0 Å². The molecule has 0 spiro atoms. The molecule has 138 valence electrons. The van der Waals surface area contributed by atoms with Crippen LogP contribution in [0.1, 0.15) is 30.0 Å². The standard InChI is InChI=1S/C23H30N2O/c1-24(2)15-7-16-25-17-14-21(23(25)20-8-5-4-6-9-20)18-19-10-12-22(26-3)13-11-19/h4-6,8-13,18,23H,7,14-17H2,1-3H3/b21-18+. The van der Waals surface area contributed by atoms with Crippen LogP contribution in [0.15, 0.2) is 60.2 Å². The van der Waals surface area contributed by atoms with E-state index in [0.717, 1.165) is 31.8 Å². The molecule has 3 heteroatoms. The van der Waals surface area contributed by atoms with E-state index in [4.69, 9.17) is 4.74 Å². The van der Waals surface area contributed by atoms with Crippen molar-refractivity contribution in [1.29, 1.82) is 0 Å². The Hall–Kier alpha value is -2.10. The predicted octanol–water partition coefficient (Wildman–Crippen LogP) is 4.48. The van der Waals surface area contributed by atoms with E-state index in [9.17, 15) is 0 Å². The van der Waals surface area contributed by atoms with Gasteiger partial charge in [0.15, 0.2) is 0 Å². The smallest absolute Gasteiger partial charge is 0.118 e. The minimum Gasteiger partial charge on any atom is -0.497 e. The third-order valence-electron chi connectivity index (χ3n) is 5.04. The summed E-state index contributed by atoms with van der Waals surface area (Å²) in [5.41, 5.74) is 4.15. The first kappa shape index (κ1) is 18.7. The number of likely N-dealkylation sites (tertiary alicyclic amines) is 1. The van der Waals surface area contributed by atoms with Crippen molar-refractivity contribution in [2.75, 3.05) is 40.8 Å². The average molecular weight is 351 g/mol. The molecule has 3 rings (SSSR count). The maximum Gasteiger partial charge on any atom is 0.118 e. The molecular formula is C23H30N2O. The Bertz CT molecular complexity index is 707. The van der Waals surface area contributed by atoms with Gasteiger partial charge in [-0.2, -0.15) is 0 Å². The number of hydrogen-bond acceptors (Lipinski definition) is 3. The summed E-state index contributed by atoms with van der Waals surface area (Å²) >= 11 is 0. The van der Waals surface area contributed by atoms with Gasteiger partial charge in [-0.15, -0.1) is 0 Å². The van der Waals surface area contributed by atoms with E-state index in [2.05, 4.69) is 72.4 Å². The lowest BCUT2D eigenvalue weighted by atomic mass is 9.97. The number of rotatable bonds is 7. The molecule has 0 N–H and O–H groups in total. The van der Waals surface area contributed by atoms with E-state index in [0.29, 0.717) is 6.04 Å². The maximum absolute atomic E-state index is 5.28. The molecule has 0 aromatic heterocycles. The third kappa shape index (κ3) is 4.75.